The van der Waals surface area contributed by atoms with Gasteiger partial charge in [-0.25, -0.2) is 0 Å². The van der Waals surface area contributed by atoms with Crippen LogP contribution in [-0.2, 0) is 9.53 Å². The van der Waals surface area contributed by atoms with E-state index in [1.807, 2.05) is 37.3 Å². The fraction of sp³-hybridized carbons (Fsp3) is 0.280. The first kappa shape index (κ1) is 22.1. The number of carbonyl (C=O) groups is 2. The van der Waals surface area contributed by atoms with Gasteiger partial charge in [-0.05, 0) is 67.8 Å². The zero-order chi connectivity index (χ0) is 22.5. The average Bonchev–Trinajstić information content (AvgIpc) is 3.31. The molecule has 166 valence electrons. The summed E-state index contributed by atoms with van der Waals surface area (Å²) in [6.07, 6.45) is 5.24. The molecule has 4 rings (SSSR count). The van der Waals surface area contributed by atoms with Crippen molar-refractivity contribution in [3.8, 4) is 5.75 Å². The fourth-order valence-corrected chi connectivity index (χ4v) is 3.78. The Balaban J connectivity index is 1.58. The Labute approximate surface area is 192 Å². The zero-order valence-corrected chi connectivity index (χ0v) is 18.5. The molecule has 0 aliphatic carbocycles. The highest BCUT2D eigenvalue weighted by Crippen LogP contribution is 2.30. The molecule has 2 N–H and O–H groups in total. The summed E-state index contributed by atoms with van der Waals surface area (Å²) in [6, 6.07) is 14.2. The highest BCUT2D eigenvalue weighted by molar-refractivity contribution is 6.30. The quantitative estimate of drug-likeness (QED) is 0.646. The van der Waals surface area contributed by atoms with Crippen molar-refractivity contribution in [2.45, 2.75) is 32.0 Å². The van der Waals surface area contributed by atoms with Crippen LogP contribution in [0.2, 0.25) is 5.02 Å². The van der Waals surface area contributed by atoms with Crippen LogP contribution in [0.25, 0.3) is 6.08 Å². The van der Waals surface area contributed by atoms with Gasteiger partial charge in [0.15, 0.2) is 0 Å². The van der Waals surface area contributed by atoms with E-state index < -0.39 is 5.91 Å². The maximum absolute atomic E-state index is 13.0. The molecule has 2 aromatic rings. The monoisotopic (exact) mass is 452 g/mol. The standard InChI is InChI=1S/C25H25ClN2O4/c1-16-19(13-18-5-2-3-7-23(18)32-16)14-22(25(30)27-15-21-6-4-12-31-21)28-24(29)17-8-10-20(26)11-9-17/h2-3,5,7-11,13-14,16,21H,4,6,12,15H2,1H3,(H,27,30)(H,28,29)/b22-14+/t16-,21+/m0/s1. The maximum atomic E-state index is 13.0. The van der Waals surface area contributed by atoms with E-state index >= 15 is 0 Å². The molecule has 0 radical (unpaired) electrons. The van der Waals surface area contributed by atoms with Crippen LogP contribution in [0, 0.1) is 0 Å². The molecule has 7 heteroatoms. The minimum absolute atomic E-state index is 0.00445. The number of hydrogen-bond donors (Lipinski definition) is 2. The molecule has 0 spiro atoms. The maximum Gasteiger partial charge on any atom is 0.267 e. The molecular weight excluding hydrogens is 428 g/mol. The largest absolute Gasteiger partial charge is 0.485 e. The van der Waals surface area contributed by atoms with Gasteiger partial charge in [0, 0.05) is 29.3 Å². The fourth-order valence-electron chi connectivity index (χ4n) is 3.65. The number of carbonyl (C=O) groups excluding carboxylic acids is 2. The van der Waals surface area contributed by atoms with Crippen molar-refractivity contribution in [1.82, 2.24) is 10.6 Å². The second-order valence-electron chi connectivity index (χ2n) is 7.81. The van der Waals surface area contributed by atoms with Gasteiger partial charge in [-0.15, -0.1) is 0 Å². The smallest absolute Gasteiger partial charge is 0.267 e. The summed E-state index contributed by atoms with van der Waals surface area (Å²) in [5.41, 5.74) is 2.24. The highest BCUT2D eigenvalue weighted by Gasteiger charge is 2.22. The van der Waals surface area contributed by atoms with Crippen LogP contribution in [0.15, 0.2) is 65.9 Å². The van der Waals surface area contributed by atoms with E-state index in [2.05, 4.69) is 10.6 Å². The number of para-hydroxylation sites is 1. The second-order valence-corrected chi connectivity index (χ2v) is 8.24. The lowest BCUT2D eigenvalue weighted by Crippen LogP contribution is -2.38. The molecule has 0 aromatic heterocycles. The Morgan fingerprint density at radius 3 is 2.69 bits per heavy atom. The third-order valence-corrected chi connectivity index (χ3v) is 5.69. The summed E-state index contributed by atoms with van der Waals surface area (Å²) < 4.78 is 11.6. The molecule has 0 unspecified atom stereocenters. The van der Waals surface area contributed by atoms with Crippen LogP contribution in [0.1, 0.15) is 35.7 Å². The number of rotatable bonds is 6. The van der Waals surface area contributed by atoms with Crippen molar-refractivity contribution in [2.75, 3.05) is 13.2 Å². The summed E-state index contributed by atoms with van der Waals surface area (Å²) >= 11 is 5.92. The first-order valence-electron chi connectivity index (χ1n) is 10.7. The van der Waals surface area contributed by atoms with Crippen molar-refractivity contribution in [3.05, 3.63) is 82.0 Å². The lowest BCUT2D eigenvalue weighted by Gasteiger charge is -2.23. The lowest BCUT2D eigenvalue weighted by molar-refractivity contribution is -0.118. The van der Waals surface area contributed by atoms with Crippen molar-refractivity contribution in [3.63, 3.8) is 0 Å². The first-order chi connectivity index (χ1) is 15.5. The van der Waals surface area contributed by atoms with Gasteiger partial charge < -0.3 is 20.1 Å². The van der Waals surface area contributed by atoms with Crippen LogP contribution >= 0.6 is 11.6 Å². The lowest BCUT2D eigenvalue weighted by atomic mass is 10.0. The Hall–Kier alpha value is -3.09. The van der Waals surface area contributed by atoms with E-state index in [1.54, 1.807) is 30.3 Å². The Morgan fingerprint density at radius 1 is 1.16 bits per heavy atom. The van der Waals surface area contributed by atoms with Crippen molar-refractivity contribution >= 4 is 29.5 Å². The average molecular weight is 453 g/mol. The molecule has 6 nitrogen and oxygen atoms in total. The number of halogens is 1. The molecule has 0 bridgehead atoms. The number of nitrogens with one attached hydrogen (secondary N) is 2. The van der Waals surface area contributed by atoms with Crippen LogP contribution < -0.4 is 15.4 Å². The molecular formula is C25H25ClN2O4. The normalized spacial score (nSPS) is 20.1. The minimum Gasteiger partial charge on any atom is -0.485 e. The molecule has 2 amide bonds. The molecule has 2 aromatic carbocycles. The van der Waals surface area contributed by atoms with E-state index in [4.69, 9.17) is 21.1 Å². The van der Waals surface area contributed by atoms with E-state index in [1.165, 1.54) is 0 Å². The predicted octanol–water partition coefficient (Wildman–Crippen LogP) is 4.11. The van der Waals surface area contributed by atoms with Crippen molar-refractivity contribution in [2.24, 2.45) is 0 Å². The first-order valence-corrected chi connectivity index (χ1v) is 11.0. The SMILES string of the molecule is C[C@@H]1Oc2ccccc2C=C1/C=C(/NC(=O)c1ccc(Cl)cc1)C(=O)NC[C@H]1CCCO1. The summed E-state index contributed by atoms with van der Waals surface area (Å²) in [5.74, 6) is 0.00655. The summed E-state index contributed by atoms with van der Waals surface area (Å²) in [6.45, 7) is 3.00. The third-order valence-electron chi connectivity index (χ3n) is 5.44. The number of benzene rings is 2. The minimum atomic E-state index is -0.398. The second kappa shape index (κ2) is 10.0. The van der Waals surface area contributed by atoms with E-state index in [0.29, 0.717) is 23.7 Å². The summed E-state index contributed by atoms with van der Waals surface area (Å²) in [4.78, 5) is 25.8. The number of hydrogen-bond acceptors (Lipinski definition) is 4. The number of fused-ring (bicyclic) bond motifs is 1. The van der Waals surface area contributed by atoms with Crippen LogP contribution in [-0.4, -0.2) is 37.2 Å². The van der Waals surface area contributed by atoms with E-state index in [-0.39, 0.29) is 23.8 Å². The van der Waals surface area contributed by atoms with Crippen LogP contribution in [0.3, 0.4) is 0 Å². The Morgan fingerprint density at radius 2 is 1.94 bits per heavy atom. The Bertz CT molecular complexity index is 1060. The van der Waals surface area contributed by atoms with Crippen molar-refractivity contribution < 1.29 is 19.1 Å². The molecule has 0 saturated carbocycles. The third kappa shape index (κ3) is 5.39. The molecule has 1 fully saturated rings. The van der Waals surface area contributed by atoms with Gasteiger partial charge in [-0.2, -0.15) is 0 Å². The molecule has 2 aliphatic rings. The van der Waals surface area contributed by atoms with Gasteiger partial charge in [0.25, 0.3) is 11.8 Å². The topological polar surface area (TPSA) is 76.7 Å². The molecule has 2 heterocycles. The molecule has 2 aliphatic heterocycles. The predicted molar refractivity (Wildman–Crippen MR) is 123 cm³/mol. The van der Waals surface area contributed by atoms with Gasteiger partial charge in [-0.1, -0.05) is 29.8 Å². The van der Waals surface area contributed by atoms with Gasteiger partial charge in [0.1, 0.15) is 17.6 Å². The number of ether oxygens (including phenoxy) is 2. The van der Waals surface area contributed by atoms with E-state index in [0.717, 1.165) is 29.7 Å². The van der Waals surface area contributed by atoms with Crippen LogP contribution in [0.4, 0.5) is 0 Å². The summed E-state index contributed by atoms with van der Waals surface area (Å²) in [5, 5.41) is 6.16. The van der Waals surface area contributed by atoms with Gasteiger partial charge in [0.2, 0.25) is 0 Å². The number of amides is 2. The van der Waals surface area contributed by atoms with Crippen LogP contribution in [0.5, 0.6) is 5.75 Å². The zero-order valence-electron chi connectivity index (χ0n) is 17.8. The molecule has 1 saturated heterocycles. The van der Waals surface area contributed by atoms with Gasteiger partial charge in [0.05, 0.1) is 6.10 Å². The van der Waals surface area contributed by atoms with Gasteiger partial charge in [-0.3, -0.25) is 9.59 Å². The van der Waals surface area contributed by atoms with Gasteiger partial charge >= 0.3 is 0 Å². The van der Waals surface area contributed by atoms with Crippen molar-refractivity contribution in [1.29, 1.82) is 0 Å². The Kier molecular flexibility index (Phi) is 6.93. The molecule has 2 atom stereocenters. The highest BCUT2D eigenvalue weighted by atomic mass is 35.5. The van der Waals surface area contributed by atoms with E-state index in [9.17, 15) is 9.59 Å². The molecule has 32 heavy (non-hydrogen) atoms. The summed E-state index contributed by atoms with van der Waals surface area (Å²) in [7, 11) is 0.